The Labute approximate surface area is 115 Å². The Morgan fingerprint density at radius 3 is 2.78 bits per heavy atom. The molecule has 0 aliphatic carbocycles. The summed E-state index contributed by atoms with van der Waals surface area (Å²) in [6, 6.07) is 5.38. The number of carbonyl (C=O) groups is 1. The zero-order chi connectivity index (χ0) is 13.4. The van der Waals surface area contributed by atoms with E-state index in [1.807, 2.05) is 6.07 Å². The largest absolute Gasteiger partial charge is 0.495 e. The van der Waals surface area contributed by atoms with E-state index in [9.17, 15) is 4.79 Å². The van der Waals surface area contributed by atoms with Crippen LogP contribution in [0.15, 0.2) is 22.7 Å². The van der Waals surface area contributed by atoms with Crippen LogP contribution in [0, 0.1) is 0 Å². The first-order chi connectivity index (χ1) is 8.67. The molecular formula is C12H16BrNO4. The van der Waals surface area contributed by atoms with E-state index in [-0.39, 0.29) is 12.5 Å². The molecule has 1 aromatic rings. The van der Waals surface area contributed by atoms with Gasteiger partial charge >= 0.3 is 0 Å². The number of amides is 1. The molecule has 0 unspecified atom stereocenters. The van der Waals surface area contributed by atoms with E-state index < -0.39 is 0 Å². The van der Waals surface area contributed by atoms with Gasteiger partial charge in [-0.1, -0.05) is 15.9 Å². The highest BCUT2D eigenvalue weighted by atomic mass is 79.9. The van der Waals surface area contributed by atoms with E-state index in [2.05, 4.69) is 21.2 Å². The maximum atomic E-state index is 11.6. The number of benzene rings is 1. The van der Waals surface area contributed by atoms with E-state index >= 15 is 0 Å². The van der Waals surface area contributed by atoms with E-state index in [1.54, 1.807) is 26.4 Å². The van der Waals surface area contributed by atoms with Gasteiger partial charge in [-0.05, 0) is 18.2 Å². The van der Waals surface area contributed by atoms with Crippen LogP contribution in [0.3, 0.4) is 0 Å². The van der Waals surface area contributed by atoms with Gasteiger partial charge in [-0.2, -0.15) is 0 Å². The second-order valence-corrected chi connectivity index (χ2v) is 4.35. The van der Waals surface area contributed by atoms with Crippen molar-refractivity contribution in [1.82, 2.24) is 0 Å². The number of methoxy groups -OCH3 is 2. The number of ether oxygens (including phenoxy) is 3. The Bertz CT molecular complexity index is 398. The molecule has 0 fully saturated rings. The van der Waals surface area contributed by atoms with E-state index in [1.165, 1.54) is 0 Å². The lowest BCUT2D eigenvalue weighted by molar-refractivity contribution is -0.121. The average molecular weight is 318 g/mol. The van der Waals surface area contributed by atoms with Crippen LogP contribution in [0.1, 0.15) is 0 Å². The normalized spacial score (nSPS) is 10.2. The van der Waals surface area contributed by atoms with Gasteiger partial charge in [0.05, 0.1) is 26.0 Å². The third-order valence-corrected chi connectivity index (χ3v) is 2.59. The molecule has 18 heavy (non-hydrogen) atoms. The molecule has 0 saturated carbocycles. The zero-order valence-electron chi connectivity index (χ0n) is 10.4. The van der Waals surface area contributed by atoms with Crippen molar-refractivity contribution < 1.29 is 19.0 Å². The van der Waals surface area contributed by atoms with Crippen LogP contribution in [-0.4, -0.2) is 39.9 Å². The molecule has 0 spiro atoms. The topological polar surface area (TPSA) is 56.8 Å². The van der Waals surface area contributed by atoms with Crippen LogP contribution < -0.4 is 10.1 Å². The quantitative estimate of drug-likeness (QED) is 0.782. The molecule has 6 heteroatoms. The summed E-state index contributed by atoms with van der Waals surface area (Å²) in [5.74, 6) is 0.367. The van der Waals surface area contributed by atoms with E-state index in [0.717, 1.165) is 4.47 Å². The summed E-state index contributed by atoms with van der Waals surface area (Å²) in [5, 5.41) is 2.72. The molecule has 0 radical (unpaired) electrons. The van der Waals surface area contributed by atoms with Crippen LogP contribution in [0.25, 0.3) is 0 Å². The molecule has 0 saturated heterocycles. The Kier molecular flexibility index (Phi) is 6.70. The van der Waals surface area contributed by atoms with Crippen molar-refractivity contribution in [3.05, 3.63) is 22.7 Å². The first-order valence-electron chi connectivity index (χ1n) is 5.37. The molecule has 0 aromatic heterocycles. The summed E-state index contributed by atoms with van der Waals surface area (Å²) in [7, 11) is 3.13. The van der Waals surface area contributed by atoms with Gasteiger partial charge in [0.2, 0.25) is 5.91 Å². The van der Waals surface area contributed by atoms with Gasteiger partial charge < -0.3 is 19.5 Å². The van der Waals surface area contributed by atoms with Crippen LogP contribution in [0.4, 0.5) is 5.69 Å². The smallest absolute Gasteiger partial charge is 0.250 e. The molecule has 0 aliphatic heterocycles. The van der Waals surface area contributed by atoms with Gasteiger partial charge in [-0.3, -0.25) is 4.79 Å². The van der Waals surface area contributed by atoms with Gasteiger partial charge in [0.1, 0.15) is 12.4 Å². The number of carbonyl (C=O) groups excluding carboxylic acids is 1. The highest BCUT2D eigenvalue weighted by molar-refractivity contribution is 9.10. The zero-order valence-corrected chi connectivity index (χ0v) is 12.0. The van der Waals surface area contributed by atoms with Crippen LogP contribution in [0.2, 0.25) is 0 Å². The van der Waals surface area contributed by atoms with Crippen molar-refractivity contribution >= 4 is 27.5 Å². The number of hydrogen-bond donors (Lipinski definition) is 1. The van der Waals surface area contributed by atoms with Crippen LogP contribution in [0.5, 0.6) is 5.75 Å². The van der Waals surface area contributed by atoms with Gasteiger partial charge in [-0.25, -0.2) is 0 Å². The van der Waals surface area contributed by atoms with Gasteiger partial charge in [0.15, 0.2) is 0 Å². The highest BCUT2D eigenvalue weighted by Crippen LogP contribution is 2.27. The maximum Gasteiger partial charge on any atom is 0.250 e. The molecular weight excluding hydrogens is 302 g/mol. The fourth-order valence-corrected chi connectivity index (χ4v) is 1.63. The minimum absolute atomic E-state index is 0.0149. The van der Waals surface area contributed by atoms with Crippen molar-refractivity contribution in [2.45, 2.75) is 0 Å². The lowest BCUT2D eigenvalue weighted by Gasteiger charge is -2.10. The fraction of sp³-hybridized carbons (Fsp3) is 0.417. The summed E-state index contributed by atoms with van der Waals surface area (Å²) in [4.78, 5) is 11.6. The lowest BCUT2D eigenvalue weighted by atomic mass is 10.3. The Morgan fingerprint density at radius 2 is 2.11 bits per heavy atom. The summed E-state index contributed by atoms with van der Waals surface area (Å²) in [6.45, 7) is 0.839. The highest BCUT2D eigenvalue weighted by Gasteiger charge is 2.08. The van der Waals surface area contributed by atoms with Crippen molar-refractivity contribution in [2.75, 3.05) is 39.4 Å². The van der Waals surface area contributed by atoms with Crippen molar-refractivity contribution in [1.29, 1.82) is 0 Å². The maximum absolute atomic E-state index is 11.6. The molecule has 100 valence electrons. The predicted octanol–water partition coefficient (Wildman–Crippen LogP) is 2.06. The van der Waals surface area contributed by atoms with Gasteiger partial charge in [-0.15, -0.1) is 0 Å². The summed E-state index contributed by atoms with van der Waals surface area (Å²) in [6.07, 6.45) is 0. The van der Waals surface area contributed by atoms with Crippen molar-refractivity contribution in [3.63, 3.8) is 0 Å². The van der Waals surface area contributed by atoms with Gasteiger partial charge in [0, 0.05) is 11.6 Å². The summed E-state index contributed by atoms with van der Waals surface area (Å²) in [5.41, 5.74) is 0.604. The molecule has 1 amide bonds. The van der Waals surface area contributed by atoms with Crippen LogP contribution in [-0.2, 0) is 14.3 Å². The SMILES string of the molecule is COCCOCC(=O)Nc1cc(Br)ccc1OC. The standard InChI is InChI=1S/C12H16BrNO4/c1-16-5-6-18-8-12(15)14-10-7-9(13)3-4-11(10)17-2/h3-4,7H,5-6,8H2,1-2H3,(H,14,15). The molecule has 0 heterocycles. The minimum Gasteiger partial charge on any atom is -0.495 e. The monoisotopic (exact) mass is 317 g/mol. The average Bonchev–Trinajstić information content (AvgIpc) is 2.35. The Morgan fingerprint density at radius 1 is 1.33 bits per heavy atom. The number of hydrogen-bond acceptors (Lipinski definition) is 4. The molecule has 1 aromatic carbocycles. The minimum atomic E-state index is -0.234. The number of nitrogens with one attached hydrogen (secondary N) is 1. The summed E-state index contributed by atoms with van der Waals surface area (Å²) < 4.78 is 15.9. The predicted molar refractivity (Wildman–Crippen MR) is 72.0 cm³/mol. The first-order valence-corrected chi connectivity index (χ1v) is 6.16. The molecule has 1 N–H and O–H groups in total. The van der Waals surface area contributed by atoms with Crippen molar-refractivity contribution in [2.24, 2.45) is 0 Å². The third-order valence-electron chi connectivity index (χ3n) is 2.10. The first kappa shape index (κ1) is 14.9. The van der Waals surface area contributed by atoms with Crippen LogP contribution >= 0.6 is 15.9 Å². The summed E-state index contributed by atoms with van der Waals surface area (Å²) >= 11 is 3.33. The van der Waals surface area contributed by atoms with Crippen molar-refractivity contribution in [3.8, 4) is 5.75 Å². The molecule has 5 nitrogen and oxygen atoms in total. The lowest BCUT2D eigenvalue weighted by Crippen LogP contribution is -2.20. The van der Waals surface area contributed by atoms with E-state index in [4.69, 9.17) is 14.2 Å². The molecule has 0 aliphatic rings. The number of halogens is 1. The molecule has 1 rings (SSSR count). The van der Waals surface area contributed by atoms with E-state index in [0.29, 0.717) is 24.7 Å². The molecule has 0 bridgehead atoms. The fourth-order valence-electron chi connectivity index (χ4n) is 1.27. The molecule has 0 atom stereocenters. The second kappa shape index (κ2) is 8.07. The second-order valence-electron chi connectivity index (χ2n) is 3.44. The Balaban J connectivity index is 2.50. The Hall–Kier alpha value is -1.11. The third kappa shape index (κ3) is 5.03. The van der Waals surface area contributed by atoms with Gasteiger partial charge in [0.25, 0.3) is 0 Å². The number of anilines is 1. The number of rotatable bonds is 7.